The van der Waals surface area contributed by atoms with E-state index in [1.54, 1.807) is 6.92 Å². The standard InChI is InChI=1S/C15H20N4O3/c1-11(17-15(21)16-8-5-9-20)14-18-13(19-22-14)10-12-6-3-2-4-7-12/h2-4,6-7,11,20H,5,8-10H2,1H3,(H2,16,17,21). The Labute approximate surface area is 128 Å². The zero-order valence-corrected chi connectivity index (χ0v) is 12.5. The van der Waals surface area contributed by atoms with Gasteiger partial charge in [-0.05, 0) is 18.9 Å². The van der Waals surface area contributed by atoms with Crippen LogP contribution < -0.4 is 10.6 Å². The topological polar surface area (TPSA) is 100 Å². The molecule has 0 spiro atoms. The van der Waals surface area contributed by atoms with Crippen LogP contribution in [0.5, 0.6) is 0 Å². The molecule has 0 fully saturated rings. The van der Waals surface area contributed by atoms with Crippen molar-refractivity contribution in [2.75, 3.05) is 13.2 Å². The molecule has 0 aliphatic rings. The normalized spacial score (nSPS) is 11.9. The second-order valence-corrected chi connectivity index (χ2v) is 4.91. The van der Waals surface area contributed by atoms with E-state index in [1.165, 1.54) is 0 Å². The predicted octanol–water partition coefficient (Wildman–Crippen LogP) is 1.40. The van der Waals surface area contributed by atoms with Crippen LogP contribution in [0.4, 0.5) is 4.79 Å². The molecule has 1 aromatic heterocycles. The van der Waals surface area contributed by atoms with Gasteiger partial charge in [-0.2, -0.15) is 4.98 Å². The lowest BCUT2D eigenvalue weighted by Gasteiger charge is -2.10. The van der Waals surface area contributed by atoms with Gasteiger partial charge in [-0.3, -0.25) is 0 Å². The summed E-state index contributed by atoms with van der Waals surface area (Å²) in [6.07, 6.45) is 1.10. The molecule has 0 aliphatic carbocycles. The molecule has 2 aromatic rings. The highest BCUT2D eigenvalue weighted by Gasteiger charge is 2.16. The van der Waals surface area contributed by atoms with Crippen LogP contribution in [0.25, 0.3) is 0 Å². The van der Waals surface area contributed by atoms with Gasteiger partial charge < -0.3 is 20.3 Å². The minimum atomic E-state index is -0.383. The maximum atomic E-state index is 11.6. The van der Waals surface area contributed by atoms with Crippen molar-refractivity contribution >= 4 is 6.03 Å². The monoisotopic (exact) mass is 304 g/mol. The fourth-order valence-corrected chi connectivity index (χ4v) is 1.88. The highest BCUT2D eigenvalue weighted by Crippen LogP contribution is 2.12. The first kappa shape index (κ1) is 16.0. The maximum absolute atomic E-state index is 11.6. The number of aromatic nitrogens is 2. The molecule has 7 nitrogen and oxygen atoms in total. The lowest BCUT2D eigenvalue weighted by Crippen LogP contribution is -2.37. The molecule has 1 unspecified atom stereocenters. The molecule has 2 amide bonds. The molecule has 0 saturated carbocycles. The largest absolute Gasteiger partial charge is 0.396 e. The Hall–Kier alpha value is -2.41. The first-order valence-electron chi connectivity index (χ1n) is 7.20. The molecule has 2 rings (SSSR count). The van der Waals surface area contributed by atoms with Crippen LogP contribution in [-0.2, 0) is 6.42 Å². The maximum Gasteiger partial charge on any atom is 0.315 e. The number of urea groups is 1. The summed E-state index contributed by atoms with van der Waals surface area (Å²) in [5.74, 6) is 0.943. The summed E-state index contributed by atoms with van der Waals surface area (Å²) in [6, 6.07) is 9.13. The van der Waals surface area contributed by atoms with Crippen molar-refractivity contribution in [1.29, 1.82) is 0 Å². The van der Waals surface area contributed by atoms with E-state index < -0.39 is 0 Å². The summed E-state index contributed by atoms with van der Waals surface area (Å²) in [7, 11) is 0. The molecule has 1 atom stereocenters. The number of nitrogens with zero attached hydrogens (tertiary/aromatic N) is 2. The van der Waals surface area contributed by atoms with Gasteiger partial charge in [-0.1, -0.05) is 35.5 Å². The molecule has 118 valence electrons. The number of benzene rings is 1. The average molecular weight is 304 g/mol. The van der Waals surface area contributed by atoms with Gasteiger partial charge in [-0.25, -0.2) is 4.79 Å². The Bertz CT molecular complexity index is 585. The molecule has 0 saturated heterocycles. The summed E-state index contributed by atoms with van der Waals surface area (Å²) in [6.45, 7) is 2.23. The summed E-state index contributed by atoms with van der Waals surface area (Å²) >= 11 is 0. The number of aliphatic hydroxyl groups excluding tert-OH is 1. The second kappa shape index (κ2) is 8.14. The van der Waals surface area contributed by atoms with E-state index in [4.69, 9.17) is 9.63 Å². The number of carbonyl (C=O) groups excluding carboxylic acids is 1. The van der Waals surface area contributed by atoms with Gasteiger partial charge >= 0.3 is 6.03 Å². The molecule has 22 heavy (non-hydrogen) atoms. The third-order valence-electron chi connectivity index (χ3n) is 3.03. The van der Waals surface area contributed by atoms with Gasteiger partial charge in [0.25, 0.3) is 0 Å². The summed E-state index contributed by atoms with van der Waals surface area (Å²) in [5.41, 5.74) is 1.09. The van der Waals surface area contributed by atoms with Crippen LogP contribution in [0.3, 0.4) is 0 Å². The lowest BCUT2D eigenvalue weighted by molar-refractivity contribution is 0.231. The van der Waals surface area contributed by atoms with Gasteiger partial charge in [-0.15, -0.1) is 0 Å². The smallest absolute Gasteiger partial charge is 0.315 e. The van der Waals surface area contributed by atoms with Crippen molar-refractivity contribution in [2.45, 2.75) is 25.8 Å². The third-order valence-corrected chi connectivity index (χ3v) is 3.03. The number of hydrogen-bond donors (Lipinski definition) is 3. The van der Waals surface area contributed by atoms with Gasteiger partial charge in [0, 0.05) is 19.6 Å². The number of rotatable bonds is 7. The lowest BCUT2D eigenvalue weighted by atomic mass is 10.1. The number of aliphatic hydroxyl groups is 1. The molecular weight excluding hydrogens is 284 g/mol. The fraction of sp³-hybridized carbons (Fsp3) is 0.400. The molecule has 1 heterocycles. The van der Waals surface area contributed by atoms with Crippen LogP contribution in [0, 0.1) is 0 Å². The molecule has 0 aliphatic heterocycles. The van der Waals surface area contributed by atoms with E-state index in [1.807, 2.05) is 30.3 Å². The molecular formula is C15H20N4O3. The first-order valence-corrected chi connectivity index (χ1v) is 7.20. The third kappa shape index (κ3) is 4.85. The van der Waals surface area contributed by atoms with Gasteiger partial charge in [0.1, 0.15) is 6.04 Å². The summed E-state index contributed by atoms with van der Waals surface area (Å²) in [4.78, 5) is 15.9. The molecule has 3 N–H and O–H groups in total. The Kier molecular flexibility index (Phi) is 5.91. The minimum absolute atomic E-state index is 0.0440. The quantitative estimate of drug-likeness (QED) is 0.671. The van der Waals surface area contributed by atoms with Crippen molar-refractivity contribution in [3.05, 3.63) is 47.6 Å². The van der Waals surface area contributed by atoms with E-state index in [0.717, 1.165) is 5.56 Å². The van der Waals surface area contributed by atoms with Crippen LogP contribution in [-0.4, -0.2) is 34.4 Å². The minimum Gasteiger partial charge on any atom is -0.396 e. The number of amides is 2. The van der Waals surface area contributed by atoms with E-state index >= 15 is 0 Å². The van der Waals surface area contributed by atoms with E-state index in [0.29, 0.717) is 31.1 Å². The van der Waals surface area contributed by atoms with Gasteiger partial charge in [0.2, 0.25) is 5.89 Å². The van der Waals surface area contributed by atoms with Crippen LogP contribution in [0.1, 0.15) is 36.7 Å². The van der Waals surface area contributed by atoms with Crippen molar-refractivity contribution in [1.82, 2.24) is 20.8 Å². The number of hydrogen-bond acceptors (Lipinski definition) is 5. The van der Waals surface area contributed by atoms with E-state index in [9.17, 15) is 4.79 Å². The van der Waals surface area contributed by atoms with Crippen LogP contribution in [0.15, 0.2) is 34.9 Å². The first-order chi connectivity index (χ1) is 10.7. The average Bonchev–Trinajstić information content (AvgIpc) is 2.97. The van der Waals surface area contributed by atoms with Gasteiger partial charge in [0.15, 0.2) is 5.82 Å². The summed E-state index contributed by atoms with van der Waals surface area (Å²) in [5, 5.41) is 17.9. The Morgan fingerprint density at radius 3 is 2.86 bits per heavy atom. The molecule has 1 aromatic carbocycles. The SMILES string of the molecule is CC(NC(=O)NCCCO)c1nc(Cc2ccccc2)no1. The fourth-order valence-electron chi connectivity index (χ4n) is 1.88. The van der Waals surface area contributed by atoms with Crippen LogP contribution >= 0.6 is 0 Å². The van der Waals surface area contributed by atoms with E-state index in [-0.39, 0.29) is 18.7 Å². The number of nitrogens with one attached hydrogen (secondary N) is 2. The van der Waals surface area contributed by atoms with Crippen LogP contribution in [0.2, 0.25) is 0 Å². The van der Waals surface area contributed by atoms with Crippen molar-refractivity contribution in [3.8, 4) is 0 Å². The molecule has 7 heteroatoms. The summed E-state index contributed by atoms with van der Waals surface area (Å²) < 4.78 is 5.18. The predicted molar refractivity (Wildman–Crippen MR) is 80.2 cm³/mol. The highest BCUT2D eigenvalue weighted by molar-refractivity contribution is 5.74. The Morgan fingerprint density at radius 2 is 2.14 bits per heavy atom. The Balaban J connectivity index is 1.86. The molecule has 0 bridgehead atoms. The second-order valence-electron chi connectivity index (χ2n) is 4.91. The van der Waals surface area contributed by atoms with Crippen molar-refractivity contribution < 1.29 is 14.4 Å². The zero-order valence-electron chi connectivity index (χ0n) is 12.5. The zero-order chi connectivity index (χ0) is 15.8. The number of carbonyl (C=O) groups is 1. The Morgan fingerprint density at radius 1 is 1.36 bits per heavy atom. The van der Waals surface area contributed by atoms with Gasteiger partial charge in [0.05, 0.1) is 0 Å². The van der Waals surface area contributed by atoms with E-state index in [2.05, 4.69) is 20.8 Å². The molecule has 0 radical (unpaired) electrons. The highest BCUT2D eigenvalue weighted by atomic mass is 16.5. The van der Waals surface area contributed by atoms with Crippen molar-refractivity contribution in [3.63, 3.8) is 0 Å². The van der Waals surface area contributed by atoms with Crippen molar-refractivity contribution in [2.24, 2.45) is 0 Å².